The van der Waals surface area contributed by atoms with Crippen molar-refractivity contribution in [3.8, 4) is 0 Å². The molecule has 6 heteroatoms. The lowest BCUT2D eigenvalue weighted by molar-refractivity contribution is 0.165. The van der Waals surface area contributed by atoms with Gasteiger partial charge < -0.3 is 0 Å². The third kappa shape index (κ3) is 1.94. The minimum absolute atomic E-state index is 0.463. The third-order valence-corrected chi connectivity index (χ3v) is 5.29. The highest BCUT2D eigenvalue weighted by molar-refractivity contribution is 5.44. The van der Waals surface area contributed by atoms with Crippen molar-refractivity contribution in [3.05, 3.63) is 47.2 Å². The molecular weight excluding hydrogens is 288 g/mol. The molecule has 1 saturated heterocycles. The zero-order valence-electron chi connectivity index (χ0n) is 13.5. The van der Waals surface area contributed by atoms with E-state index in [1.54, 1.807) is 0 Å². The standard InChI is InChI=1S/C17H20N6/c1-11-5-17-18-8-14-15-4-3-13(6-16(14)23(17)20-11)22(15)10-12-7-19-21(2)9-12/h5,7-9,13,15H,3-4,6,10H2,1-2H3/t13-,15+/m0/s1. The fourth-order valence-electron chi connectivity index (χ4n) is 4.31. The van der Waals surface area contributed by atoms with E-state index >= 15 is 0 Å². The van der Waals surface area contributed by atoms with Crippen LogP contribution in [0.5, 0.6) is 0 Å². The molecule has 3 aromatic rings. The van der Waals surface area contributed by atoms with Crippen LogP contribution >= 0.6 is 0 Å². The Balaban J connectivity index is 1.56. The summed E-state index contributed by atoms with van der Waals surface area (Å²) in [6.45, 7) is 3.01. The van der Waals surface area contributed by atoms with E-state index in [1.807, 2.05) is 24.9 Å². The first kappa shape index (κ1) is 13.2. The van der Waals surface area contributed by atoms with Gasteiger partial charge in [0.25, 0.3) is 0 Å². The Labute approximate surface area is 134 Å². The zero-order chi connectivity index (χ0) is 15.6. The van der Waals surface area contributed by atoms with E-state index in [0.29, 0.717) is 12.1 Å². The van der Waals surface area contributed by atoms with Gasteiger partial charge in [0.15, 0.2) is 5.65 Å². The van der Waals surface area contributed by atoms with E-state index in [9.17, 15) is 0 Å². The first-order valence-corrected chi connectivity index (χ1v) is 8.26. The summed E-state index contributed by atoms with van der Waals surface area (Å²) in [7, 11) is 1.98. The molecule has 2 atom stereocenters. The number of nitrogens with zero attached hydrogens (tertiary/aromatic N) is 6. The lowest BCUT2D eigenvalue weighted by atomic mass is 9.98. The van der Waals surface area contributed by atoms with Crippen molar-refractivity contribution in [1.82, 2.24) is 29.3 Å². The highest BCUT2D eigenvalue weighted by Gasteiger charge is 2.41. The number of hydrogen-bond acceptors (Lipinski definition) is 4. The van der Waals surface area contributed by atoms with Crippen molar-refractivity contribution < 1.29 is 0 Å². The van der Waals surface area contributed by atoms with Gasteiger partial charge >= 0.3 is 0 Å². The largest absolute Gasteiger partial charge is 0.289 e. The molecule has 6 nitrogen and oxygen atoms in total. The molecule has 3 aromatic heterocycles. The molecule has 0 aliphatic carbocycles. The monoisotopic (exact) mass is 308 g/mol. The van der Waals surface area contributed by atoms with Crippen LogP contribution in [0.4, 0.5) is 0 Å². The fourth-order valence-corrected chi connectivity index (χ4v) is 4.31. The topological polar surface area (TPSA) is 51.2 Å². The molecule has 0 radical (unpaired) electrons. The predicted octanol–water partition coefficient (Wildman–Crippen LogP) is 2.03. The van der Waals surface area contributed by atoms with Crippen molar-refractivity contribution in [2.45, 2.75) is 44.8 Å². The Kier molecular flexibility index (Phi) is 2.68. The van der Waals surface area contributed by atoms with Crippen molar-refractivity contribution in [3.63, 3.8) is 0 Å². The average Bonchev–Trinajstić information content (AvgIpc) is 3.17. The van der Waals surface area contributed by atoms with Gasteiger partial charge in [-0.2, -0.15) is 10.2 Å². The molecule has 5 heterocycles. The van der Waals surface area contributed by atoms with E-state index in [0.717, 1.165) is 24.3 Å². The second-order valence-corrected chi connectivity index (χ2v) is 6.86. The summed E-state index contributed by atoms with van der Waals surface area (Å²) in [6.07, 6.45) is 9.70. The maximum Gasteiger partial charge on any atom is 0.155 e. The summed E-state index contributed by atoms with van der Waals surface area (Å²) in [5, 5.41) is 8.96. The van der Waals surface area contributed by atoms with Gasteiger partial charge in [0.1, 0.15) is 0 Å². The summed E-state index contributed by atoms with van der Waals surface area (Å²) in [6, 6.07) is 3.12. The molecule has 0 saturated carbocycles. The Hall–Kier alpha value is -2.21. The molecule has 0 amide bonds. The maximum absolute atomic E-state index is 4.66. The van der Waals surface area contributed by atoms with Crippen LogP contribution in [0.2, 0.25) is 0 Å². The van der Waals surface area contributed by atoms with Crippen LogP contribution in [0.3, 0.4) is 0 Å². The molecule has 1 fully saturated rings. The molecular formula is C17H20N6. The van der Waals surface area contributed by atoms with Gasteiger partial charge in [0.2, 0.25) is 0 Å². The van der Waals surface area contributed by atoms with Crippen molar-refractivity contribution in [2.24, 2.45) is 7.05 Å². The molecule has 5 rings (SSSR count). The van der Waals surface area contributed by atoms with Gasteiger partial charge in [-0.3, -0.25) is 9.58 Å². The molecule has 2 aliphatic rings. The van der Waals surface area contributed by atoms with E-state index in [1.165, 1.54) is 29.7 Å². The Morgan fingerprint density at radius 3 is 3.00 bits per heavy atom. The second-order valence-electron chi connectivity index (χ2n) is 6.86. The number of rotatable bonds is 2. The average molecular weight is 308 g/mol. The summed E-state index contributed by atoms with van der Waals surface area (Å²) in [5.41, 5.74) is 6.02. The summed E-state index contributed by atoms with van der Waals surface area (Å²) in [4.78, 5) is 7.26. The van der Waals surface area contributed by atoms with Crippen LogP contribution in [0.15, 0.2) is 24.7 Å². The minimum Gasteiger partial charge on any atom is -0.289 e. The Morgan fingerprint density at radius 1 is 1.26 bits per heavy atom. The molecule has 118 valence electrons. The summed E-state index contributed by atoms with van der Waals surface area (Å²) in [5.74, 6) is 0. The van der Waals surface area contributed by atoms with Crippen LogP contribution in [0.1, 0.15) is 41.4 Å². The number of aromatic nitrogens is 5. The van der Waals surface area contributed by atoms with Gasteiger partial charge in [-0.1, -0.05) is 0 Å². The molecule has 2 bridgehead atoms. The van der Waals surface area contributed by atoms with Crippen molar-refractivity contribution in [2.75, 3.05) is 0 Å². The van der Waals surface area contributed by atoms with Crippen LogP contribution in [0, 0.1) is 6.92 Å². The SMILES string of the molecule is Cc1cc2ncc3c(n2n1)C[C@@H]1CC[C@H]3N1Cc1cnn(C)c1. The van der Waals surface area contributed by atoms with E-state index in [-0.39, 0.29) is 0 Å². The van der Waals surface area contributed by atoms with Crippen LogP contribution < -0.4 is 0 Å². The molecule has 0 N–H and O–H groups in total. The number of aryl methyl sites for hydroxylation is 2. The Morgan fingerprint density at radius 2 is 2.17 bits per heavy atom. The van der Waals surface area contributed by atoms with Crippen LogP contribution in [-0.4, -0.2) is 35.3 Å². The van der Waals surface area contributed by atoms with Crippen molar-refractivity contribution >= 4 is 5.65 Å². The summed E-state index contributed by atoms with van der Waals surface area (Å²) >= 11 is 0. The van der Waals surface area contributed by atoms with Gasteiger partial charge in [0.05, 0.1) is 17.6 Å². The summed E-state index contributed by atoms with van der Waals surface area (Å²) < 4.78 is 3.95. The van der Waals surface area contributed by atoms with Gasteiger partial charge in [0, 0.05) is 61.7 Å². The quantitative estimate of drug-likeness (QED) is 0.727. The molecule has 0 spiro atoms. The normalized spacial score (nSPS) is 23.6. The molecule has 23 heavy (non-hydrogen) atoms. The van der Waals surface area contributed by atoms with E-state index < -0.39 is 0 Å². The number of hydrogen-bond donors (Lipinski definition) is 0. The first-order chi connectivity index (χ1) is 11.2. The van der Waals surface area contributed by atoms with Gasteiger partial charge in [-0.25, -0.2) is 9.50 Å². The Bertz CT molecular complexity index is 892. The molecule has 0 unspecified atom stereocenters. The van der Waals surface area contributed by atoms with E-state index in [4.69, 9.17) is 0 Å². The van der Waals surface area contributed by atoms with Crippen LogP contribution in [0.25, 0.3) is 5.65 Å². The molecule has 2 aliphatic heterocycles. The van der Waals surface area contributed by atoms with Gasteiger partial charge in [-0.05, 0) is 19.8 Å². The second kappa shape index (κ2) is 4.64. The van der Waals surface area contributed by atoms with Gasteiger partial charge in [-0.15, -0.1) is 0 Å². The number of fused-ring (bicyclic) bond motifs is 6. The highest BCUT2D eigenvalue weighted by atomic mass is 15.3. The fraction of sp³-hybridized carbons (Fsp3) is 0.471. The van der Waals surface area contributed by atoms with Crippen molar-refractivity contribution in [1.29, 1.82) is 0 Å². The lowest BCUT2D eigenvalue weighted by Crippen LogP contribution is -2.38. The van der Waals surface area contributed by atoms with Crippen LogP contribution in [-0.2, 0) is 20.0 Å². The van der Waals surface area contributed by atoms with E-state index in [2.05, 4.69) is 43.1 Å². The highest BCUT2D eigenvalue weighted by Crippen LogP contribution is 2.44. The first-order valence-electron chi connectivity index (χ1n) is 8.26. The predicted molar refractivity (Wildman–Crippen MR) is 85.9 cm³/mol. The lowest BCUT2D eigenvalue weighted by Gasteiger charge is -2.35. The molecule has 0 aromatic carbocycles. The minimum atomic E-state index is 0.463. The smallest absolute Gasteiger partial charge is 0.155 e. The maximum atomic E-state index is 4.66. The third-order valence-electron chi connectivity index (χ3n) is 5.29. The zero-order valence-corrected chi connectivity index (χ0v) is 13.5.